The molecule has 2 nitrogen and oxygen atoms in total. The molecule has 0 spiro atoms. The molecule has 1 aromatic carbocycles. The summed E-state index contributed by atoms with van der Waals surface area (Å²) >= 11 is 0. The van der Waals surface area contributed by atoms with Crippen molar-refractivity contribution in [3.8, 4) is 0 Å². The Bertz CT molecular complexity index is 347. The van der Waals surface area contributed by atoms with Gasteiger partial charge >= 0.3 is 0 Å². The van der Waals surface area contributed by atoms with Crippen LogP contribution in [0, 0.1) is 11.8 Å². The highest BCUT2D eigenvalue weighted by Gasteiger charge is 2.24. The average Bonchev–Trinajstić information content (AvgIpc) is 2.43. The number of hydrogen-bond donors (Lipinski definition) is 1. The van der Waals surface area contributed by atoms with Crippen LogP contribution in [0.25, 0.3) is 0 Å². The third-order valence-corrected chi connectivity index (χ3v) is 3.55. The standard InChI is InChI=1S/C16H24O2/c1-5-12(2)16(17)13(3)14(4)18-11-15-9-7-6-8-10-15/h5-10,12-14,16-17H,1,11H2,2-4H3/t12-,13+,14+,16+/m1/s1. The number of benzene rings is 1. The van der Waals surface area contributed by atoms with Gasteiger partial charge in [0.25, 0.3) is 0 Å². The van der Waals surface area contributed by atoms with Crippen molar-refractivity contribution in [3.05, 3.63) is 48.6 Å². The molecule has 0 aromatic heterocycles. The molecular weight excluding hydrogens is 224 g/mol. The smallest absolute Gasteiger partial charge is 0.0720 e. The minimum atomic E-state index is -0.409. The topological polar surface area (TPSA) is 29.5 Å². The Balaban J connectivity index is 2.45. The monoisotopic (exact) mass is 248 g/mol. The number of aliphatic hydroxyl groups excluding tert-OH is 1. The summed E-state index contributed by atoms with van der Waals surface area (Å²) in [5.41, 5.74) is 1.16. The second kappa shape index (κ2) is 7.34. The maximum Gasteiger partial charge on any atom is 0.0720 e. The molecule has 1 N–H and O–H groups in total. The van der Waals surface area contributed by atoms with Crippen LogP contribution in [0.4, 0.5) is 0 Å². The summed E-state index contributed by atoms with van der Waals surface area (Å²) in [6.45, 7) is 10.3. The summed E-state index contributed by atoms with van der Waals surface area (Å²) in [5.74, 6) is 0.171. The van der Waals surface area contributed by atoms with Gasteiger partial charge in [-0.15, -0.1) is 6.58 Å². The Morgan fingerprint density at radius 3 is 2.39 bits per heavy atom. The molecule has 0 amide bonds. The fourth-order valence-electron chi connectivity index (χ4n) is 1.85. The SMILES string of the molecule is C=C[C@@H](C)[C@H](O)[C@@H](C)[C@H](C)OCc1ccccc1. The summed E-state index contributed by atoms with van der Waals surface area (Å²) < 4.78 is 5.81. The second-order valence-corrected chi connectivity index (χ2v) is 4.95. The first-order chi connectivity index (χ1) is 8.56. The molecule has 0 unspecified atom stereocenters. The molecule has 2 heteroatoms. The van der Waals surface area contributed by atoms with Crippen LogP contribution in [0.5, 0.6) is 0 Å². The first kappa shape index (κ1) is 14.9. The minimum Gasteiger partial charge on any atom is -0.392 e. The average molecular weight is 248 g/mol. The van der Waals surface area contributed by atoms with Gasteiger partial charge in [-0.3, -0.25) is 0 Å². The number of rotatable bonds is 7. The molecule has 0 aliphatic rings. The third-order valence-electron chi connectivity index (χ3n) is 3.55. The van der Waals surface area contributed by atoms with Gasteiger partial charge in [0.15, 0.2) is 0 Å². The lowest BCUT2D eigenvalue weighted by Crippen LogP contribution is -2.33. The van der Waals surface area contributed by atoms with Crippen LogP contribution in [0.1, 0.15) is 26.3 Å². The van der Waals surface area contributed by atoms with E-state index in [-0.39, 0.29) is 17.9 Å². The quantitative estimate of drug-likeness (QED) is 0.749. The second-order valence-electron chi connectivity index (χ2n) is 4.95. The van der Waals surface area contributed by atoms with Gasteiger partial charge < -0.3 is 9.84 Å². The molecule has 0 aliphatic carbocycles. The van der Waals surface area contributed by atoms with Gasteiger partial charge in [0, 0.05) is 11.8 Å². The van der Waals surface area contributed by atoms with Crippen molar-refractivity contribution < 1.29 is 9.84 Å². The van der Waals surface area contributed by atoms with E-state index >= 15 is 0 Å². The lowest BCUT2D eigenvalue weighted by molar-refractivity contribution is -0.0381. The molecule has 0 heterocycles. The van der Waals surface area contributed by atoms with Gasteiger partial charge in [0.05, 0.1) is 18.8 Å². The molecule has 18 heavy (non-hydrogen) atoms. The highest BCUT2D eigenvalue weighted by molar-refractivity contribution is 5.13. The number of hydrogen-bond acceptors (Lipinski definition) is 2. The van der Waals surface area contributed by atoms with Crippen molar-refractivity contribution in [2.24, 2.45) is 11.8 Å². The molecule has 100 valence electrons. The fraction of sp³-hybridized carbons (Fsp3) is 0.500. The van der Waals surface area contributed by atoms with E-state index in [4.69, 9.17) is 4.74 Å². The largest absolute Gasteiger partial charge is 0.392 e. The van der Waals surface area contributed by atoms with E-state index in [2.05, 4.69) is 6.58 Å². The Kier molecular flexibility index (Phi) is 6.10. The predicted octanol–water partition coefficient (Wildman–Crippen LogP) is 3.41. The molecule has 0 aliphatic heterocycles. The molecule has 0 bridgehead atoms. The highest BCUT2D eigenvalue weighted by Crippen LogP contribution is 2.20. The molecule has 0 saturated heterocycles. The zero-order valence-corrected chi connectivity index (χ0v) is 11.5. The molecular formula is C16H24O2. The van der Waals surface area contributed by atoms with Gasteiger partial charge in [-0.2, -0.15) is 0 Å². The Hall–Kier alpha value is -1.12. The van der Waals surface area contributed by atoms with E-state index in [9.17, 15) is 5.11 Å². The predicted molar refractivity (Wildman–Crippen MR) is 75.2 cm³/mol. The molecule has 1 aromatic rings. The van der Waals surface area contributed by atoms with Gasteiger partial charge in [0.2, 0.25) is 0 Å². The summed E-state index contributed by atoms with van der Waals surface area (Å²) in [6.07, 6.45) is 1.39. The van der Waals surface area contributed by atoms with Gasteiger partial charge in [-0.05, 0) is 12.5 Å². The van der Waals surface area contributed by atoms with E-state index < -0.39 is 6.10 Å². The molecule has 4 atom stereocenters. The first-order valence-corrected chi connectivity index (χ1v) is 6.52. The van der Waals surface area contributed by atoms with Crippen molar-refractivity contribution in [2.45, 2.75) is 39.6 Å². The van der Waals surface area contributed by atoms with E-state index in [1.165, 1.54) is 0 Å². The van der Waals surface area contributed by atoms with Crippen LogP contribution in [0.3, 0.4) is 0 Å². The van der Waals surface area contributed by atoms with Crippen molar-refractivity contribution in [3.63, 3.8) is 0 Å². The van der Waals surface area contributed by atoms with Crippen molar-refractivity contribution in [1.29, 1.82) is 0 Å². The van der Waals surface area contributed by atoms with Crippen LogP contribution in [-0.4, -0.2) is 17.3 Å². The summed E-state index contributed by atoms with van der Waals surface area (Å²) in [4.78, 5) is 0. The zero-order valence-electron chi connectivity index (χ0n) is 11.5. The number of aliphatic hydroxyl groups is 1. The zero-order chi connectivity index (χ0) is 13.5. The van der Waals surface area contributed by atoms with Gasteiger partial charge in [-0.1, -0.05) is 50.3 Å². The lowest BCUT2D eigenvalue weighted by Gasteiger charge is -2.28. The normalized spacial score (nSPS) is 17.8. The fourth-order valence-corrected chi connectivity index (χ4v) is 1.85. The van der Waals surface area contributed by atoms with Crippen LogP contribution in [0.2, 0.25) is 0 Å². The summed E-state index contributed by atoms with van der Waals surface area (Å²) in [7, 11) is 0. The van der Waals surface area contributed by atoms with Crippen molar-refractivity contribution in [1.82, 2.24) is 0 Å². The molecule has 1 rings (SSSR count). The van der Waals surface area contributed by atoms with E-state index in [1.54, 1.807) is 6.08 Å². The van der Waals surface area contributed by atoms with Crippen LogP contribution in [0.15, 0.2) is 43.0 Å². The Labute approximate surface area is 110 Å². The summed E-state index contributed by atoms with van der Waals surface area (Å²) in [5, 5.41) is 10.1. The maximum absolute atomic E-state index is 10.1. The Morgan fingerprint density at radius 1 is 1.22 bits per heavy atom. The molecule has 0 radical (unpaired) electrons. The Morgan fingerprint density at radius 2 is 1.83 bits per heavy atom. The van der Waals surface area contributed by atoms with E-state index in [1.807, 2.05) is 51.1 Å². The molecule has 0 fully saturated rings. The van der Waals surface area contributed by atoms with E-state index in [0.717, 1.165) is 5.56 Å². The summed E-state index contributed by atoms with van der Waals surface area (Å²) in [6, 6.07) is 10.1. The van der Waals surface area contributed by atoms with Crippen molar-refractivity contribution in [2.75, 3.05) is 0 Å². The maximum atomic E-state index is 10.1. The first-order valence-electron chi connectivity index (χ1n) is 6.52. The highest BCUT2D eigenvalue weighted by atomic mass is 16.5. The lowest BCUT2D eigenvalue weighted by atomic mass is 9.90. The van der Waals surface area contributed by atoms with Crippen molar-refractivity contribution >= 4 is 0 Å². The minimum absolute atomic E-state index is 0.0163. The van der Waals surface area contributed by atoms with Gasteiger partial charge in [0.1, 0.15) is 0 Å². The van der Waals surface area contributed by atoms with Crippen LogP contribution < -0.4 is 0 Å². The number of ether oxygens (including phenoxy) is 1. The molecule has 0 saturated carbocycles. The van der Waals surface area contributed by atoms with Gasteiger partial charge in [-0.25, -0.2) is 0 Å². The third kappa shape index (κ3) is 4.28. The van der Waals surface area contributed by atoms with E-state index in [0.29, 0.717) is 6.61 Å². The van der Waals surface area contributed by atoms with Crippen LogP contribution in [-0.2, 0) is 11.3 Å². The van der Waals surface area contributed by atoms with Crippen LogP contribution >= 0.6 is 0 Å².